The molecule has 2 N–H and O–H groups in total. The number of amides is 2. The topological polar surface area (TPSA) is 91.8 Å². The lowest BCUT2D eigenvalue weighted by molar-refractivity contribution is -0.0196. The number of aromatic nitrogens is 1. The van der Waals surface area contributed by atoms with Crippen molar-refractivity contribution >= 4 is 12.0 Å². The minimum atomic E-state index is -0.248. The second-order valence-electron chi connectivity index (χ2n) is 9.47. The minimum Gasteiger partial charge on any atom is -0.447 e. The zero-order valence-corrected chi connectivity index (χ0v) is 18.9. The zero-order chi connectivity index (χ0) is 22.3. The number of rotatable bonds is 9. The molecule has 2 amide bonds. The lowest BCUT2D eigenvalue weighted by atomic mass is 9.56. The van der Waals surface area contributed by atoms with Crippen LogP contribution < -0.4 is 5.32 Å². The molecule has 31 heavy (non-hydrogen) atoms. The van der Waals surface area contributed by atoms with Gasteiger partial charge in [-0.3, -0.25) is 9.78 Å². The van der Waals surface area contributed by atoms with Gasteiger partial charge in [0.15, 0.2) is 0 Å². The summed E-state index contributed by atoms with van der Waals surface area (Å²) in [6.07, 6.45) is 11.0. The summed E-state index contributed by atoms with van der Waals surface area (Å²) in [4.78, 5) is 29.9. The Morgan fingerprint density at radius 2 is 2.00 bits per heavy atom. The Kier molecular flexibility index (Phi) is 8.29. The number of pyridine rings is 1. The fraction of sp³-hybridized carbons (Fsp3) is 0.708. The number of nitrogens with zero attached hydrogens (tertiary/aromatic N) is 2. The monoisotopic (exact) mass is 431 g/mol. The molecule has 3 rings (SSSR count). The molecule has 0 radical (unpaired) electrons. The normalized spacial score (nSPS) is 18.1. The number of aliphatic hydroxyl groups excluding tert-OH is 1. The summed E-state index contributed by atoms with van der Waals surface area (Å²) in [6.45, 7) is 5.62. The Morgan fingerprint density at radius 1 is 1.26 bits per heavy atom. The highest BCUT2D eigenvalue weighted by atomic mass is 16.6. The van der Waals surface area contributed by atoms with Gasteiger partial charge in [0.2, 0.25) is 0 Å². The van der Waals surface area contributed by atoms with E-state index in [0.29, 0.717) is 11.1 Å². The molecular formula is C24H37N3O4. The number of likely N-dealkylation sites (tertiary alicyclic amines) is 1. The maximum Gasteiger partial charge on any atom is 0.410 e. The number of aliphatic hydroxyl groups is 1. The van der Waals surface area contributed by atoms with Crippen LogP contribution in [-0.4, -0.2) is 59.3 Å². The summed E-state index contributed by atoms with van der Waals surface area (Å²) in [5.74, 6) is 0.576. The summed E-state index contributed by atoms with van der Waals surface area (Å²) < 4.78 is 5.32. The first-order chi connectivity index (χ1) is 14.9. The van der Waals surface area contributed by atoms with Crippen molar-refractivity contribution in [1.82, 2.24) is 15.2 Å². The van der Waals surface area contributed by atoms with Crippen molar-refractivity contribution in [2.24, 2.45) is 11.3 Å². The van der Waals surface area contributed by atoms with Gasteiger partial charge < -0.3 is 20.1 Å². The first kappa shape index (κ1) is 23.5. The third-order valence-corrected chi connectivity index (χ3v) is 6.64. The lowest BCUT2D eigenvalue weighted by Gasteiger charge is -2.52. The molecule has 2 aliphatic rings. The lowest BCUT2D eigenvalue weighted by Crippen LogP contribution is -2.49. The van der Waals surface area contributed by atoms with Crippen molar-refractivity contribution in [3.05, 3.63) is 29.6 Å². The Bertz CT molecular complexity index is 719. The molecule has 7 heteroatoms. The van der Waals surface area contributed by atoms with Crippen molar-refractivity contribution in [2.75, 3.05) is 26.2 Å². The molecule has 2 heterocycles. The highest BCUT2D eigenvalue weighted by Crippen LogP contribution is 2.54. The molecule has 1 saturated heterocycles. The van der Waals surface area contributed by atoms with Gasteiger partial charge in [-0.2, -0.15) is 0 Å². The van der Waals surface area contributed by atoms with Gasteiger partial charge in [0, 0.05) is 25.8 Å². The Morgan fingerprint density at radius 3 is 2.61 bits per heavy atom. The quantitative estimate of drug-likeness (QED) is 0.584. The first-order valence-electron chi connectivity index (χ1n) is 11.7. The van der Waals surface area contributed by atoms with Crippen LogP contribution in [0.15, 0.2) is 18.3 Å². The fourth-order valence-electron chi connectivity index (χ4n) is 4.95. The van der Waals surface area contributed by atoms with E-state index in [2.05, 4.69) is 10.3 Å². The van der Waals surface area contributed by atoms with Crippen LogP contribution in [0, 0.1) is 11.3 Å². The standard InChI is InChI=1S/C24H37N3O4/c1-18(2)31-23(30)27-12-9-24(10-13-27)15-20(16-24)6-4-3-5-19-7-8-21(26-17-19)22(29)25-11-14-28/h7-8,17-18,20,28H,3-6,9-16H2,1-2H3,(H,25,29). The number of aryl methyl sites for hydroxylation is 1. The van der Waals surface area contributed by atoms with Crippen LogP contribution in [-0.2, 0) is 11.2 Å². The second kappa shape index (κ2) is 10.9. The van der Waals surface area contributed by atoms with Crippen molar-refractivity contribution in [2.45, 2.75) is 71.3 Å². The third-order valence-electron chi connectivity index (χ3n) is 6.64. The van der Waals surface area contributed by atoms with E-state index in [-0.39, 0.29) is 31.3 Å². The molecule has 0 aromatic carbocycles. The van der Waals surface area contributed by atoms with E-state index in [1.807, 2.05) is 24.8 Å². The van der Waals surface area contributed by atoms with E-state index in [1.165, 1.54) is 25.7 Å². The fourth-order valence-corrected chi connectivity index (χ4v) is 4.95. The summed E-state index contributed by atoms with van der Waals surface area (Å²) in [5, 5.41) is 11.4. The van der Waals surface area contributed by atoms with Crippen LogP contribution in [0.4, 0.5) is 4.79 Å². The van der Waals surface area contributed by atoms with Gasteiger partial charge in [0.1, 0.15) is 5.69 Å². The smallest absolute Gasteiger partial charge is 0.410 e. The maximum absolute atomic E-state index is 12.0. The molecule has 1 aliphatic heterocycles. The van der Waals surface area contributed by atoms with Gasteiger partial charge in [-0.05, 0) is 75.3 Å². The van der Waals surface area contributed by atoms with Crippen LogP contribution in [0.1, 0.15) is 74.8 Å². The molecular weight excluding hydrogens is 394 g/mol. The molecule has 2 fully saturated rings. The van der Waals surface area contributed by atoms with E-state index in [1.54, 1.807) is 12.3 Å². The number of ether oxygens (including phenoxy) is 1. The van der Waals surface area contributed by atoms with Crippen molar-refractivity contribution in [1.29, 1.82) is 0 Å². The maximum atomic E-state index is 12.0. The van der Waals surface area contributed by atoms with Gasteiger partial charge in [0.25, 0.3) is 5.91 Å². The summed E-state index contributed by atoms with van der Waals surface area (Å²) in [7, 11) is 0. The molecule has 172 valence electrons. The largest absolute Gasteiger partial charge is 0.447 e. The van der Waals surface area contributed by atoms with Gasteiger partial charge in [-0.1, -0.05) is 18.9 Å². The van der Waals surface area contributed by atoms with Gasteiger partial charge in [-0.25, -0.2) is 4.79 Å². The highest BCUT2D eigenvalue weighted by molar-refractivity contribution is 5.92. The molecule has 0 atom stereocenters. The molecule has 0 bridgehead atoms. The number of hydrogen-bond donors (Lipinski definition) is 2. The van der Waals surface area contributed by atoms with E-state index in [9.17, 15) is 9.59 Å². The average Bonchev–Trinajstić information content (AvgIpc) is 2.74. The van der Waals surface area contributed by atoms with Gasteiger partial charge in [-0.15, -0.1) is 0 Å². The van der Waals surface area contributed by atoms with Crippen molar-refractivity contribution in [3.8, 4) is 0 Å². The number of nitrogens with one attached hydrogen (secondary N) is 1. The van der Waals surface area contributed by atoms with Gasteiger partial charge >= 0.3 is 6.09 Å². The Hall–Kier alpha value is -2.15. The number of carbonyl (C=O) groups is 2. The highest BCUT2D eigenvalue weighted by Gasteiger charge is 2.45. The predicted octanol–water partition coefficient (Wildman–Crippen LogP) is 3.55. The van der Waals surface area contributed by atoms with Crippen molar-refractivity contribution in [3.63, 3.8) is 0 Å². The minimum absolute atomic E-state index is 0.0541. The summed E-state index contributed by atoms with van der Waals surface area (Å²) >= 11 is 0. The summed E-state index contributed by atoms with van der Waals surface area (Å²) in [6, 6.07) is 3.72. The SMILES string of the molecule is CC(C)OC(=O)N1CCC2(CC1)CC(CCCCc1ccc(C(=O)NCCO)nc1)C2. The van der Waals surface area contributed by atoms with E-state index in [4.69, 9.17) is 9.84 Å². The van der Waals surface area contributed by atoms with Crippen LogP contribution in [0.2, 0.25) is 0 Å². The average molecular weight is 432 g/mol. The number of hydrogen-bond acceptors (Lipinski definition) is 5. The van der Waals surface area contributed by atoms with Crippen LogP contribution in [0.3, 0.4) is 0 Å². The molecule has 1 saturated carbocycles. The first-order valence-corrected chi connectivity index (χ1v) is 11.7. The third kappa shape index (κ3) is 6.66. The molecule has 1 aromatic heterocycles. The Balaban J connectivity index is 1.29. The Labute approximate surface area is 185 Å². The molecule has 1 spiro atoms. The van der Waals surface area contributed by atoms with Gasteiger partial charge in [0.05, 0.1) is 12.7 Å². The van der Waals surface area contributed by atoms with Crippen LogP contribution >= 0.6 is 0 Å². The molecule has 0 unspecified atom stereocenters. The van der Waals surface area contributed by atoms with Crippen LogP contribution in [0.5, 0.6) is 0 Å². The van der Waals surface area contributed by atoms with E-state index in [0.717, 1.165) is 50.3 Å². The summed E-state index contributed by atoms with van der Waals surface area (Å²) in [5.41, 5.74) is 2.01. The number of unbranched alkanes of at least 4 members (excludes halogenated alkanes) is 1. The zero-order valence-electron chi connectivity index (χ0n) is 18.9. The van der Waals surface area contributed by atoms with Crippen LogP contribution in [0.25, 0.3) is 0 Å². The molecule has 7 nitrogen and oxygen atoms in total. The number of carbonyl (C=O) groups excluding carboxylic acids is 2. The predicted molar refractivity (Wildman–Crippen MR) is 119 cm³/mol. The molecule has 1 aliphatic carbocycles. The van der Waals surface area contributed by atoms with Crippen molar-refractivity contribution < 1.29 is 19.4 Å². The van der Waals surface area contributed by atoms with E-state index >= 15 is 0 Å². The molecule has 1 aromatic rings. The van der Waals surface area contributed by atoms with E-state index < -0.39 is 0 Å². The second-order valence-corrected chi connectivity index (χ2v) is 9.47. The number of piperidine rings is 1.